The van der Waals surface area contributed by atoms with Crippen molar-refractivity contribution in [2.24, 2.45) is 0 Å². The highest BCUT2D eigenvalue weighted by atomic mass is 19.1. The first-order valence-corrected chi connectivity index (χ1v) is 3.37. The third-order valence-electron chi connectivity index (χ3n) is 1.52. The van der Waals surface area contributed by atoms with Crippen molar-refractivity contribution >= 4 is 12.6 Å². The Morgan fingerprint density at radius 2 is 1.92 bits per heavy atom. The highest BCUT2D eigenvalue weighted by Gasteiger charge is 2.18. The van der Waals surface area contributed by atoms with Crippen molar-refractivity contribution in [1.82, 2.24) is 0 Å². The van der Waals surface area contributed by atoms with Gasteiger partial charge < -0.3 is 15.2 Å². The summed E-state index contributed by atoms with van der Waals surface area (Å²) in [6, 6.07) is 2.42. The van der Waals surface area contributed by atoms with Crippen LogP contribution in [-0.4, -0.2) is 22.3 Å². The Balaban J connectivity index is 3.28. The van der Waals surface area contributed by atoms with Gasteiger partial charge in [-0.1, -0.05) is 6.07 Å². The van der Waals surface area contributed by atoms with Crippen LogP contribution in [0.3, 0.4) is 0 Å². The van der Waals surface area contributed by atoms with Crippen molar-refractivity contribution in [2.75, 3.05) is 0 Å². The van der Waals surface area contributed by atoms with Gasteiger partial charge in [0.15, 0.2) is 11.6 Å². The van der Waals surface area contributed by atoms with E-state index in [0.717, 1.165) is 6.07 Å². The molecule has 0 amide bonds. The number of aromatic hydroxyl groups is 1. The first kappa shape index (κ1) is 9.03. The maximum atomic E-state index is 12.7. The van der Waals surface area contributed by atoms with Crippen molar-refractivity contribution < 1.29 is 19.5 Å². The van der Waals surface area contributed by atoms with Gasteiger partial charge in [0.2, 0.25) is 0 Å². The van der Waals surface area contributed by atoms with Crippen LogP contribution < -0.4 is 5.46 Å². The largest absolute Gasteiger partial charge is 0.505 e. The Morgan fingerprint density at radius 3 is 2.42 bits per heavy atom. The normalized spacial score (nSPS) is 10.0. The second-order valence-corrected chi connectivity index (χ2v) is 2.56. The summed E-state index contributed by atoms with van der Waals surface area (Å²) in [6.07, 6.45) is 0. The Hall–Kier alpha value is -1.07. The number of hydrogen-bond acceptors (Lipinski definition) is 3. The van der Waals surface area contributed by atoms with E-state index in [0.29, 0.717) is 5.56 Å². The molecule has 0 atom stereocenters. The Labute approximate surface area is 69.2 Å². The van der Waals surface area contributed by atoms with Crippen LogP contribution >= 0.6 is 0 Å². The predicted octanol–water partition coefficient (Wildman–Crippen LogP) is -0.480. The Kier molecular flexibility index (Phi) is 2.35. The molecule has 0 bridgehead atoms. The van der Waals surface area contributed by atoms with E-state index in [1.807, 2.05) is 0 Å². The summed E-state index contributed by atoms with van der Waals surface area (Å²) in [5, 5.41) is 26.4. The molecule has 0 aromatic heterocycles. The number of aryl methyl sites for hydroxylation is 1. The zero-order valence-electron chi connectivity index (χ0n) is 6.45. The predicted molar refractivity (Wildman–Crippen MR) is 42.6 cm³/mol. The molecule has 0 fully saturated rings. The monoisotopic (exact) mass is 170 g/mol. The number of rotatable bonds is 1. The fraction of sp³-hybridized carbons (Fsp3) is 0.143. The molecule has 0 heterocycles. The van der Waals surface area contributed by atoms with Crippen LogP contribution in [-0.2, 0) is 0 Å². The molecular weight excluding hydrogens is 162 g/mol. The maximum Gasteiger partial charge on any atom is 0.492 e. The molecule has 5 heteroatoms. The average molecular weight is 170 g/mol. The van der Waals surface area contributed by atoms with Crippen LogP contribution in [0.15, 0.2) is 12.1 Å². The smallest absolute Gasteiger partial charge is 0.492 e. The van der Waals surface area contributed by atoms with Gasteiger partial charge in [-0.2, -0.15) is 0 Å². The highest BCUT2D eigenvalue weighted by molar-refractivity contribution is 6.59. The molecule has 0 unspecified atom stereocenters. The summed E-state index contributed by atoms with van der Waals surface area (Å²) < 4.78 is 12.7. The number of halogens is 1. The van der Waals surface area contributed by atoms with E-state index in [-0.39, 0.29) is 5.46 Å². The summed E-state index contributed by atoms with van der Waals surface area (Å²) in [5.41, 5.74) is 0.306. The number of hydrogen-bond donors (Lipinski definition) is 3. The Bertz CT molecular complexity index is 301. The fourth-order valence-corrected chi connectivity index (χ4v) is 0.958. The number of phenolic OH excluding ortho intramolecular Hbond substituents is 1. The molecule has 1 rings (SSSR count). The van der Waals surface area contributed by atoms with Gasteiger partial charge in [0.05, 0.1) is 0 Å². The van der Waals surface area contributed by atoms with Crippen LogP contribution in [0.1, 0.15) is 5.56 Å². The van der Waals surface area contributed by atoms with Crippen molar-refractivity contribution in [1.29, 1.82) is 0 Å². The van der Waals surface area contributed by atoms with Crippen LogP contribution in [0.5, 0.6) is 5.75 Å². The molecular formula is C7H8BFO3. The van der Waals surface area contributed by atoms with E-state index < -0.39 is 18.7 Å². The minimum Gasteiger partial charge on any atom is -0.505 e. The molecule has 1 aromatic carbocycles. The van der Waals surface area contributed by atoms with Gasteiger partial charge in [0, 0.05) is 5.46 Å². The highest BCUT2D eigenvalue weighted by Crippen LogP contribution is 2.13. The van der Waals surface area contributed by atoms with Crippen molar-refractivity contribution in [3.05, 3.63) is 23.5 Å². The second kappa shape index (κ2) is 3.12. The maximum absolute atomic E-state index is 12.7. The molecule has 0 aliphatic heterocycles. The second-order valence-electron chi connectivity index (χ2n) is 2.56. The summed E-state index contributed by atoms with van der Waals surface area (Å²) in [7, 11) is -1.85. The van der Waals surface area contributed by atoms with E-state index in [1.54, 1.807) is 6.92 Å². The molecule has 0 aliphatic rings. The first-order valence-electron chi connectivity index (χ1n) is 3.37. The standard InChI is InChI=1S/C7H8BFO3/c1-4-2-5(8(11)12)7(10)6(9)3-4/h2-3,10-12H,1H3. The van der Waals surface area contributed by atoms with Gasteiger partial charge in [0.1, 0.15) is 0 Å². The lowest BCUT2D eigenvalue weighted by molar-refractivity contribution is 0.410. The lowest BCUT2D eigenvalue weighted by Gasteiger charge is -2.04. The molecule has 3 N–H and O–H groups in total. The van der Waals surface area contributed by atoms with Gasteiger partial charge in [-0.3, -0.25) is 0 Å². The van der Waals surface area contributed by atoms with E-state index >= 15 is 0 Å². The minimum atomic E-state index is -1.85. The summed E-state index contributed by atoms with van der Waals surface area (Å²) >= 11 is 0. The third-order valence-corrected chi connectivity index (χ3v) is 1.52. The zero-order chi connectivity index (χ0) is 9.30. The van der Waals surface area contributed by atoms with Crippen LogP contribution in [0.2, 0.25) is 0 Å². The molecule has 64 valence electrons. The third kappa shape index (κ3) is 1.57. The molecule has 12 heavy (non-hydrogen) atoms. The van der Waals surface area contributed by atoms with E-state index in [1.165, 1.54) is 6.07 Å². The van der Waals surface area contributed by atoms with Crippen molar-refractivity contribution in [3.8, 4) is 5.75 Å². The Morgan fingerprint density at radius 1 is 1.33 bits per heavy atom. The topological polar surface area (TPSA) is 60.7 Å². The number of phenols is 1. The van der Waals surface area contributed by atoms with Crippen LogP contribution in [0.25, 0.3) is 0 Å². The molecule has 0 aliphatic carbocycles. The van der Waals surface area contributed by atoms with E-state index in [2.05, 4.69) is 0 Å². The minimum absolute atomic E-state index is 0.215. The number of benzene rings is 1. The van der Waals surface area contributed by atoms with Crippen LogP contribution in [0.4, 0.5) is 4.39 Å². The van der Waals surface area contributed by atoms with Crippen molar-refractivity contribution in [2.45, 2.75) is 6.92 Å². The van der Waals surface area contributed by atoms with Gasteiger partial charge >= 0.3 is 7.12 Å². The first-order chi connectivity index (χ1) is 5.52. The summed E-state index contributed by atoms with van der Waals surface area (Å²) in [6.45, 7) is 1.59. The lowest BCUT2D eigenvalue weighted by atomic mass is 9.79. The van der Waals surface area contributed by atoms with E-state index in [9.17, 15) is 4.39 Å². The molecule has 0 radical (unpaired) electrons. The summed E-state index contributed by atoms with van der Waals surface area (Å²) in [5.74, 6) is -1.56. The SMILES string of the molecule is Cc1cc(F)c(O)c(B(O)O)c1. The molecule has 3 nitrogen and oxygen atoms in total. The molecule has 0 spiro atoms. The van der Waals surface area contributed by atoms with Gasteiger partial charge in [-0.25, -0.2) is 4.39 Å². The molecule has 0 saturated carbocycles. The quantitative estimate of drug-likeness (QED) is 0.498. The van der Waals surface area contributed by atoms with Crippen molar-refractivity contribution in [3.63, 3.8) is 0 Å². The van der Waals surface area contributed by atoms with Gasteiger partial charge in [-0.15, -0.1) is 0 Å². The van der Waals surface area contributed by atoms with Gasteiger partial charge in [-0.05, 0) is 18.6 Å². The lowest BCUT2D eigenvalue weighted by Crippen LogP contribution is -2.30. The molecule has 1 aromatic rings. The molecule has 0 saturated heterocycles. The van der Waals surface area contributed by atoms with E-state index in [4.69, 9.17) is 15.2 Å². The zero-order valence-corrected chi connectivity index (χ0v) is 6.45. The average Bonchev–Trinajstić information content (AvgIpc) is 1.96. The fourth-order valence-electron chi connectivity index (χ4n) is 0.958. The summed E-state index contributed by atoms with van der Waals surface area (Å²) in [4.78, 5) is 0. The van der Waals surface area contributed by atoms with Crippen LogP contribution in [0, 0.1) is 12.7 Å². The van der Waals surface area contributed by atoms with Gasteiger partial charge in [0.25, 0.3) is 0 Å².